The molecule has 10 nitrogen and oxygen atoms in total. The third-order valence-corrected chi connectivity index (χ3v) is 12.3. The van der Waals surface area contributed by atoms with Gasteiger partial charge in [0, 0.05) is 61.2 Å². The standard InChI is InChI=1S/C36H45N5O5S/c1-26-11-13-29(14-12-26)47(44,45)35(31-23-38-32-10-6-5-9-30(31)32)41-16-15-36(24-37,25-41)39-34(43)28(21-27-7-3-2-4-8-27)22-33(42)40-17-19-46-20-18-40/h5-6,9-14,23,27-28,35,38H,2-4,7-8,15-22,25H2,1H3,(H,39,43). The molecule has 2 N–H and O–H groups in total. The minimum absolute atomic E-state index is 0.0397. The first-order chi connectivity index (χ1) is 22.7. The van der Waals surface area contributed by atoms with Crippen molar-refractivity contribution >= 4 is 32.6 Å². The molecule has 3 aromatic rings. The Bertz CT molecular complexity index is 1720. The van der Waals surface area contributed by atoms with Crippen molar-refractivity contribution in [1.29, 1.82) is 5.26 Å². The minimum atomic E-state index is -3.94. The third-order valence-electron chi connectivity index (χ3n) is 10.2. The molecule has 2 amide bonds. The number of benzene rings is 2. The number of sulfone groups is 1. The van der Waals surface area contributed by atoms with Gasteiger partial charge in [0.05, 0.1) is 24.2 Å². The van der Waals surface area contributed by atoms with Gasteiger partial charge in [-0.05, 0) is 43.9 Å². The molecule has 11 heteroatoms. The second-order valence-corrected chi connectivity index (χ2v) is 15.5. The fourth-order valence-corrected chi connectivity index (χ4v) is 9.45. The van der Waals surface area contributed by atoms with Crippen LogP contribution in [-0.2, 0) is 24.2 Å². The number of rotatable bonds is 10. The number of nitriles is 1. The Hall–Kier alpha value is -3.72. The van der Waals surface area contributed by atoms with E-state index in [4.69, 9.17) is 4.74 Å². The van der Waals surface area contributed by atoms with Crippen molar-refractivity contribution < 1.29 is 22.7 Å². The number of amides is 2. The summed E-state index contributed by atoms with van der Waals surface area (Å²) in [7, 11) is -3.94. The zero-order valence-electron chi connectivity index (χ0n) is 27.1. The third kappa shape index (κ3) is 7.25. The number of carbonyl (C=O) groups excluding carboxylic acids is 2. The highest BCUT2D eigenvalue weighted by Gasteiger charge is 2.47. The summed E-state index contributed by atoms with van der Waals surface area (Å²) in [6.07, 6.45) is 8.22. The molecule has 2 aromatic carbocycles. The number of morpholine rings is 1. The van der Waals surface area contributed by atoms with E-state index >= 15 is 0 Å². The van der Waals surface area contributed by atoms with Gasteiger partial charge >= 0.3 is 0 Å². The number of hydrogen-bond donors (Lipinski definition) is 2. The smallest absolute Gasteiger partial charge is 0.224 e. The highest BCUT2D eigenvalue weighted by atomic mass is 32.2. The molecule has 1 saturated carbocycles. The first-order valence-electron chi connectivity index (χ1n) is 16.9. The molecule has 3 aliphatic rings. The van der Waals surface area contributed by atoms with Crippen LogP contribution in [0.15, 0.2) is 59.6 Å². The molecule has 3 fully saturated rings. The van der Waals surface area contributed by atoms with Crippen LogP contribution in [0.1, 0.15) is 67.9 Å². The molecular weight excluding hydrogens is 614 g/mol. The van der Waals surface area contributed by atoms with Crippen molar-refractivity contribution in [1.82, 2.24) is 20.1 Å². The van der Waals surface area contributed by atoms with Crippen molar-refractivity contribution in [3.05, 3.63) is 65.9 Å². The van der Waals surface area contributed by atoms with Crippen LogP contribution in [0, 0.1) is 30.1 Å². The predicted octanol–water partition coefficient (Wildman–Crippen LogP) is 4.87. The Morgan fingerprint density at radius 3 is 2.51 bits per heavy atom. The lowest BCUT2D eigenvalue weighted by molar-refractivity contribution is -0.140. The van der Waals surface area contributed by atoms with E-state index in [2.05, 4.69) is 16.4 Å². The number of nitrogens with zero attached hydrogens (tertiary/aromatic N) is 3. The van der Waals surface area contributed by atoms with E-state index in [0.717, 1.165) is 42.1 Å². The second kappa shape index (κ2) is 14.2. The van der Waals surface area contributed by atoms with Gasteiger partial charge in [0.25, 0.3) is 0 Å². The number of hydrogen-bond acceptors (Lipinski definition) is 7. The van der Waals surface area contributed by atoms with Crippen molar-refractivity contribution in [2.24, 2.45) is 11.8 Å². The molecule has 250 valence electrons. The van der Waals surface area contributed by atoms with E-state index in [1.54, 1.807) is 35.4 Å². The Labute approximate surface area is 277 Å². The minimum Gasteiger partial charge on any atom is -0.378 e. The van der Waals surface area contributed by atoms with Gasteiger partial charge in [-0.1, -0.05) is 68.0 Å². The molecule has 0 radical (unpaired) electrons. The molecule has 3 unspecified atom stereocenters. The Kier molecular flexibility index (Phi) is 10.0. The number of aryl methyl sites for hydroxylation is 1. The van der Waals surface area contributed by atoms with Crippen LogP contribution >= 0.6 is 0 Å². The van der Waals surface area contributed by atoms with Crippen molar-refractivity contribution in [2.45, 2.75) is 74.1 Å². The SMILES string of the molecule is Cc1ccc(S(=O)(=O)C(c2c[nH]c3ccccc23)N2CCC(C#N)(NC(=O)C(CC(=O)N3CCOCC3)CC3CCCCC3)C2)cc1. The lowest BCUT2D eigenvalue weighted by Crippen LogP contribution is -2.52. The molecule has 3 atom stereocenters. The Balaban J connectivity index is 1.27. The molecule has 0 spiro atoms. The molecule has 0 bridgehead atoms. The topological polar surface area (TPSA) is 136 Å². The van der Waals surface area contributed by atoms with E-state index in [0.29, 0.717) is 50.8 Å². The molecule has 6 rings (SSSR count). The molecule has 3 heterocycles. The van der Waals surface area contributed by atoms with Crippen LogP contribution in [0.4, 0.5) is 0 Å². The number of H-pyrrole nitrogens is 1. The van der Waals surface area contributed by atoms with Crippen LogP contribution in [0.2, 0.25) is 0 Å². The quantitative estimate of drug-likeness (QED) is 0.317. The normalized spacial score (nSPS) is 22.5. The molecular formula is C36H45N5O5S. The summed E-state index contributed by atoms with van der Waals surface area (Å²) in [5.41, 5.74) is 1.08. The van der Waals surface area contributed by atoms with Crippen LogP contribution < -0.4 is 5.32 Å². The van der Waals surface area contributed by atoms with Crippen LogP contribution in [0.5, 0.6) is 0 Å². The van der Waals surface area contributed by atoms with Crippen LogP contribution in [0.3, 0.4) is 0 Å². The number of likely N-dealkylation sites (tertiary alicyclic amines) is 1. The summed E-state index contributed by atoms with van der Waals surface area (Å²) in [5, 5.41) is 13.4. The Morgan fingerprint density at radius 1 is 1.06 bits per heavy atom. The largest absolute Gasteiger partial charge is 0.378 e. The van der Waals surface area contributed by atoms with E-state index in [-0.39, 0.29) is 36.1 Å². The van der Waals surface area contributed by atoms with Gasteiger partial charge in [-0.3, -0.25) is 14.5 Å². The van der Waals surface area contributed by atoms with Gasteiger partial charge < -0.3 is 19.9 Å². The molecule has 2 aliphatic heterocycles. The second-order valence-electron chi connectivity index (χ2n) is 13.5. The van der Waals surface area contributed by atoms with Gasteiger partial charge in [0.2, 0.25) is 11.8 Å². The van der Waals surface area contributed by atoms with Crippen LogP contribution in [-0.4, -0.2) is 79.9 Å². The number of aromatic amines is 1. The van der Waals surface area contributed by atoms with Gasteiger partial charge in [0.15, 0.2) is 9.84 Å². The molecule has 1 aliphatic carbocycles. The van der Waals surface area contributed by atoms with E-state index in [1.165, 1.54) is 6.42 Å². The summed E-state index contributed by atoms with van der Waals surface area (Å²) < 4.78 is 34.3. The summed E-state index contributed by atoms with van der Waals surface area (Å²) in [6, 6.07) is 16.8. The first kappa shape index (κ1) is 33.2. The monoisotopic (exact) mass is 659 g/mol. The summed E-state index contributed by atoms with van der Waals surface area (Å²) in [5.74, 6) is -0.563. The zero-order chi connectivity index (χ0) is 33.0. The first-order valence-corrected chi connectivity index (χ1v) is 18.4. The van der Waals surface area contributed by atoms with E-state index < -0.39 is 26.7 Å². The zero-order valence-corrected chi connectivity index (χ0v) is 27.9. The lowest BCUT2D eigenvalue weighted by Gasteiger charge is -2.32. The van der Waals surface area contributed by atoms with Crippen molar-refractivity contribution in [3.63, 3.8) is 0 Å². The maximum absolute atomic E-state index is 14.4. The van der Waals surface area contributed by atoms with Gasteiger partial charge in [-0.25, -0.2) is 8.42 Å². The summed E-state index contributed by atoms with van der Waals surface area (Å²) >= 11 is 0. The maximum atomic E-state index is 14.4. The molecule has 47 heavy (non-hydrogen) atoms. The van der Waals surface area contributed by atoms with Gasteiger partial charge in [0.1, 0.15) is 10.9 Å². The fraction of sp³-hybridized carbons (Fsp3) is 0.528. The average molecular weight is 660 g/mol. The summed E-state index contributed by atoms with van der Waals surface area (Å²) in [4.78, 5) is 34.4. The lowest BCUT2D eigenvalue weighted by atomic mass is 9.81. The van der Waals surface area contributed by atoms with Gasteiger partial charge in [-0.15, -0.1) is 0 Å². The predicted molar refractivity (Wildman–Crippen MR) is 179 cm³/mol. The average Bonchev–Trinajstić information content (AvgIpc) is 3.70. The maximum Gasteiger partial charge on any atom is 0.224 e. The highest BCUT2D eigenvalue weighted by Crippen LogP contribution is 2.40. The van der Waals surface area contributed by atoms with E-state index in [1.807, 2.05) is 36.1 Å². The van der Waals surface area contributed by atoms with Gasteiger partial charge in [-0.2, -0.15) is 5.26 Å². The fourth-order valence-electron chi connectivity index (χ4n) is 7.57. The summed E-state index contributed by atoms with van der Waals surface area (Å²) in [6.45, 7) is 4.25. The van der Waals surface area contributed by atoms with Crippen molar-refractivity contribution in [3.8, 4) is 6.07 Å². The number of aromatic nitrogens is 1. The number of ether oxygens (including phenoxy) is 1. The highest BCUT2D eigenvalue weighted by molar-refractivity contribution is 7.91. The number of nitrogens with one attached hydrogen (secondary N) is 2. The molecule has 2 saturated heterocycles. The molecule has 1 aromatic heterocycles. The van der Waals surface area contributed by atoms with Crippen molar-refractivity contribution in [2.75, 3.05) is 39.4 Å². The number of carbonyl (C=O) groups is 2. The Morgan fingerprint density at radius 2 is 1.79 bits per heavy atom. The van der Waals surface area contributed by atoms with Crippen LogP contribution in [0.25, 0.3) is 10.9 Å². The number of para-hydroxylation sites is 1. The van der Waals surface area contributed by atoms with E-state index in [9.17, 15) is 23.3 Å². The number of fused-ring (bicyclic) bond motifs is 1.